The number of hydrogen-bond acceptors (Lipinski definition) is 5. The molecule has 0 aliphatic rings. The van der Waals surface area contributed by atoms with Crippen molar-refractivity contribution < 1.29 is 32.9 Å². The predicted octanol–water partition coefficient (Wildman–Crippen LogP) is 16.9. The Bertz CT molecular complexity index is 1380. The largest absolute Gasteiger partial charge is 0.472 e. The van der Waals surface area contributed by atoms with E-state index in [0.717, 1.165) is 70.6 Å². The highest BCUT2D eigenvalue weighted by Crippen LogP contribution is 2.43. The highest BCUT2D eigenvalue weighted by Gasteiger charge is 2.27. The SMILES string of the molecule is CC/C=C\C/C=C\C/C=C\C/C=C\CCCCCCCCCCCCCCCCCCCCC(=O)NC(COP(=O)(O)OCC[N+](C)(C)C)C(O)/C=C/CC/C=C/CC/C=C/CCCCCCC. The van der Waals surface area contributed by atoms with Gasteiger partial charge in [0.05, 0.1) is 39.9 Å². The van der Waals surface area contributed by atoms with Gasteiger partial charge in [-0.25, -0.2) is 4.57 Å². The van der Waals surface area contributed by atoms with Crippen molar-refractivity contribution in [2.75, 3.05) is 40.9 Å². The van der Waals surface area contributed by atoms with Crippen molar-refractivity contribution in [1.29, 1.82) is 0 Å². The van der Waals surface area contributed by atoms with E-state index in [9.17, 15) is 19.4 Å². The molecule has 394 valence electrons. The molecule has 0 aromatic carbocycles. The van der Waals surface area contributed by atoms with Crippen LogP contribution >= 0.6 is 7.82 Å². The molecular formula is C59H108N2O6P+. The second kappa shape index (κ2) is 49.7. The fourth-order valence-corrected chi connectivity index (χ4v) is 8.45. The van der Waals surface area contributed by atoms with Crippen LogP contribution in [0.15, 0.2) is 85.1 Å². The van der Waals surface area contributed by atoms with Crippen LogP contribution in [0.4, 0.5) is 0 Å². The summed E-state index contributed by atoms with van der Waals surface area (Å²) in [5, 5.41) is 13.9. The van der Waals surface area contributed by atoms with E-state index in [-0.39, 0.29) is 19.1 Å². The van der Waals surface area contributed by atoms with Crippen molar-refractivity contribution in [3.63, 3.8) is 0 Å². The van der Waals surface area contributed by atoms with E-state index in [4.69, 9.17) is 9.05 Å². The Morgan fingerprint density at radius 1 is 0.515 bits per heavy atom. The van der Waals surface area contributed by atoms with Crippen molar-refractivity contribution in [1.82, 2.24) is 5.32 Å². The molecule has 0 aliphatic carbocycles. The van der Waals surface area contributed by atoms with Crippen LogP contribution in [-0.4, -0.2) is 73.4 Å². The Hall–Kier alpha value is -2.32. The molecule has 0 bridgehead atoms. The first-order valence-corrected chi connectivity index (χ1v) is 29.5. The molecule has 0 saturated heterocycles. The van der Waals surface area contributed by atoms with Crippen molar-refractivity contribution in [3.05, 3.63) is 85.1 Å². The number of aliphatic hydroxyl groups is 1. The number of hydrogen-bond donors (Lipinski definition) is 3. The Balaban J connectivity index is 4.14. The quantitative estimate of drug-likeness (QED) is 0.0243. The first-order valence-electron chi connectivity index (χ1n) is 28.0. The Labute approximate surface area is 420 Å². The number of nitrogens with one attached hydrogen (secondary N) is 1. The number of phosphoric acid groups is 1. The fraction of sp³-hybridized carbons (Fsp3) is 0.746. The molecule has 0 saturated carbocycles. The lowest BCUT2D eigenvalue weighted by atomic mass is 10.0. The number of rotatable bonds is 50. The molecule has 1 amide bonds. The number of carbonyl (C=O) groups is 1. The van der Waals surface area contributed by atoms with Crippen LogP contribution < -0.4 is 5.32 Å². The minimum absolute atomic E-state index is 0.0514. The molecule has 0 aromatic rings. The predicted molar refractivity (Wildman–Crippen MR) is 295 cm³/mol. The van der Waals surface area contributed by atoms with Crippen molar-refractivity contribution in [2.24, 2.45) is 0 Å². The molecule has 3 unspecified atom stereocenters. The Morgan fingerprint density at radius 2 is 0.897 bits per heavy atom. The second-order valence-corrected chi connectivity index (χ2v) is 21.4. The van der Waals surface area contributed by atoms with Gasteiger partial charge in [0.2, 0.25) is 5.91 Å². The van der Waals surface area contributed by atoms with E-state index < -0.39 is 20.0 Å². The minimum atomic E-state index is -4.36. The number of unbranched alkanes of at least 4 members (excludes halogenated alkanes) is 25. The molecule has 0 fully saturated rings. The molecular weight excluding hydrogens is 864 g/mol. The van der Waals surface area contributed by atoms with Gasteiger partial charge in [0.1, 0.15) is 13.2 Å². The second-order valence-electron chi connectivity index (χ2n) is 19.9. The molecule has 0 aliphatic heterocycles. The van der Waals surface area contributed by atoms with E-state index in [1.54, 1.807) is 6.08 Å². The van der Waals surface area contributed by atoms with Crippen LogP contribution in [0.3, 0.4) is 0 Å². The van der Waals surface area contributed by atoms with Crippen LogP contribution in [0.1, 0.15) is 232 Å². The van der Waals surface area contributed by atoms with Gasteiger partial charge in [-0.05, 0) is 83.5 Å². The Kier molecular flexibility index (Phi) is 48.0. The lowest BCUT2D eigenvalue weighted by Crippen LogP contribution is -2.45. The molecule has 68 heavy (non-hydrogen) atoms. The summed E-state index contributed by atoms with van der Waals surface area (Å²) in [5.74, 6) is -0.192. The highest BCUT2D eigenvalue weighted by atomic mass is 31.2. The van der Waals surface area contributed by atoms with E-state index in [2.05, 4.69) is 92.1 Å². The molecule has 0 heterocycles. The summed E-state index contributed by atoms with van der Waals surface area (Å²) in [6, 6.07) is -0.872. The summed E-state index contributed by atoms with van der Waals surface area (Å²) in [7, 11) is 1.54. The average molecular weight is 972 g/mol. The van der Waals surface area contributed by atoms with E-state index in [1.807, 2.05) is 27.2 Å². The molecule has 0 rings (SSSR count). The number of nitrogens with zero attached hydrogens (tertiary/aromatic N) is 1. The van der Waals surface area contributed by atoms with Gasteiger partial charge >= 0.3 is 7.82 Å². The first-order chi connectivity index (χ1) is 33.0. The number of amides is 1. The lowest BCUT2D eigenvalue weighted by Gasteiger charge is -2.25. The normalized spacial score (nSPS) is 14.6. The van der Waals surface area contributed by atoms with E-state index >= 15 is 0 Å². The highest BCUT2D eigenvalue weighted by molar-refractivity contribution is 7.47. The first kappa shape index (κ1) is 65.7. The van der Waals surface area contributed by atoms with Gasteiger partial charge in [0.15, 0.2) is 0 Å². The summed E-state index contributed by atoms with van der Waals surface area (Å²) in [6.07, 6.45) is 69.8. The standard InChI is InChI=1S/C59H107N2O6P/c1-6-8-10-12-14-16-18-20-22-23-24-25-26-27-28-29-30-31-32-33-34-35-36-37-39-41-43-45-47-49-51-53-59(63)60-57(56-67-68(64,65)66-55-54-61(3,4)5)58(62)52-50-48-46-44-42-40-38-21-19-17-15-13-11-9-7-2/h8,10,14,16,19-22,24-25,42,44,50,52,57-58,62H,6-7,9,11-13,15,17-18,23,26-41,43,45-49,51,53-56H2,1-5H3,(H-,60,63,64,65)/p+1/b10-8-,16-14-,21-19+,22-20-,25-24-,44-42+,52-50+. The third-order valence-corrected chi connectivity index (χ3v) is 13.1. The van der Waals surface area contributed by atoms with Crippen LogP contribution in [0, 0.1) is 0 Å². The monoisotopic (exact) mass is 972 g/mol. The average Bonchev–Trinajstić information content (AvgIpc) is 3.30. The number of quaternary nitrogens is 1. The molecule has 0 aromatic heterocycles. The minimum Gasteiger partial charge on any atom is -0.387 e. The molecule has 0 spiro atoms. The van der Waals surface area contributed by atoms with Crippen molar-refractivity contribution in [3.8, 4) is 0 Å². The number of allylic oxidation sites excluding steroid dienone is 13. The molecule has 9 heteroatoms. The summed E-state index contributed by atoms with van der Waals surface area (Å²) in [4.78, 5) is 23.2. The number of phosphoric ester groups is 1. The van der Waals surface area contributed by atoms with Gasteiger partial charge in [-0.3, -0.25) is 13.8 Å². The van der Waals surface area contributed by atoms with Gasteiger partial charge < -0.3 is 19.8 Å². The van der Waals surface area contributed by atoms with Crippen LogP contribution in [-0.2, 0) is 18.4 Å². The number of aliphatic hydroxyl groups excluding tert-OH is 1. The fourth-order valence-electron chi connectivity index (χ4n) is 7.71. The maximum absolute atomic E-state index is 13.0. The number of likely N-dealkylation sites (N-methyl/N-ethyl adjacent to an activating group) is 1. The maximum Gasteiger partial charge on any atom is 0.472 e. The van der Waals surface area contributed by atoms with E-state index in [1.165, 1.54) is 141 Å². The topological polar surface area (TPSA) is 105 Å². The molecule has 0 radical (unpaired) electrons. The summed E-state index contributed by atoms with van der Waals surface area (Å²) in [5.41, 5.74) is 0. The summed E-state index contributed by atoms with van der Waals surface area (Å²) in [6.45, 7) is 4.66. The molecule has 3 atom stereocenters. The summed E-state index contributed by atoms with van der Waals surface area (Å²) < 4.78 is 23.6. The molecule has 3 N–H and O–H groups in total. The molecule has 8 nitrogen and oxygen atoms in total. The summed E-state index contributed by atoms with van der Waals surface area (Å²) >= 11 is 0. The zero-order valence-corrected chi connectivity index (χ0v) is 45.7. The Morgan fingerprint density at radius 3 is 1.35 bits per heavy atom. The lowest BCUT2D eigenvalue weighted by molar-refractivity contribution is -0.870. The van der Waals surface area contributed by atoms with Crippen molar-refractivity contribution >= 4 is 13.7 Å². The van der Waals surface area contributed by atoms with Gasteiger partial charge in [-0.2, -0.15) is 0 Å². The maximum atomic E-state index is 13.0. The van der Waals surface area contributed by atoms with Gasteiger partial charge in [0.25, 0.3) is 0 Å². The zero-order chi connectivity index (χ0) is 49.9. The van der Waals surface area contributed by atoms with Gasteiger partial charge in [-0.15, -0.1) is 0 Å². The van der Waals surface area contributed by atoms with Crippen LogP contribution in [0.5, 0.6) is 0 Å². The number of carbonyl (C=O) groups excluding carboxylic acids is 1. The van der Waals surface area contributed by atoms with Gasteiger partial charge in [-0.1, -0.05) is 227 Å². The van der Waals surface area contributed by atoms with Crippen LogP contribution in [0.2, 0.25) is 0 Å². The van der Waals surface area contributed by atoms with Crippen LogP contribution in [0.25, 0.3) is 0 Å². The zero-order valence-electron chi connectivity index (χ0n) is 44.8. The smallest absolute Gasteiger partial charge is 0.387 e. The van der Waals surface area contributed by atoms with Crippen molar-refractivity contribution in [2.45, 2.75) is 244 Å². The third-order valence-electron chi connectivity index (χ3n) is 12.1. The third kappa shape index (κ3) is 51.5. The van der Waals surface area contributed by atoms with Gasteiger partial charge in [0, 0.05) is 6.42 Å². The van der Waals surface area contributed by atoms with E-state index in [0.29, 0.717) is 17.4 Å².